The summed E-state index contributed by atoms with van der Waals surface area (Å²) in [5.74, 6) is 0. The van der Waals surface area contributed by atoms with Gasteiger partial charge in [-0.05, 0) is 126 Å². The Morgan fingerprint density at radius 2 is 0.881 bits per heavy atom. The van der Waals surface area contributed by atoms with Crippen LogP contribution in [0.1, 0.15) is 22.3 Å². The van der Waals surface area contributed by atoms with E-state index in [4.69, 9.17) is 4.42 Å². The third kappa shape index (κ3) is 4.46. The van der Waals surface area contributed by atoms with Crippen molar-refractivity contribution in [2.75, 3.05) is 4.90 Å². The summed E-state index contributed by atoms with van der Waals surface area (Å²) < 4.78 is 6.49. The number of benzene rings is 10. The van der Waals surface area contributed by atoms with Crippen molar-refractivity contribution in [3.05, 3.63) is 235 Å². The fraction of sp³-hybridized carbons (Fsp3) is 0.0175. The monoisotopic (exact) mass is 749 g/mol. The van der Waals surface area contributed by atoms with E-state index in [1.54, 1.807) is 0 Å². The zero-order valence-electron chi connectivity index (χ0n) is 32.1. The number of fused-ring (bicyclic) bond motifs is 15. The Kier molecular flexibility index (Phi) is 6.68. The lowest BCUT2D eigenvalue weighted by molar-refractivity contribution is 0.669. The van der Waals surface area contributed by atoms with E-state index in [2.05, 4.69) is 211 Å². The van der Waals surface area contributed by atoms with E-state index < -0.39 is 5.41 Å². The summed E-state index contributed by atoms with van der Waals surface area (Å²) in [5.41, 5.74) is 17.6. The molecule has 0 unspecified atom stereocenters. The van der Waals surface area contributed by atoms with Crippen LogP contribution in [0.3, 0.4) is 0 Å². The molecule has 0 saturated heterocycles. The van der Waals surface area contributed by atoms with Crippen molar-refractivity contribution in [1.82, 2.24) is 0 Å². The first-order valence-electron chi connectivity index (χ1n) is 20.4. The lowest BCUT2D eigenvalue weighted by atomic mass is 9.70. The van der Waals surface area contributed by atoms with Gasteiger partial charge in [-0.15, -0.1) is 0 Å². The first kappa shape index (κ1) is 32.4. The van der Waals surface area contributed by atoms with Crippen LogP contribution in [0.4, 0.5) is 17.1 Å². The summed E-state index contributed by atoms with van der Waals surface area (Å²) >= 11 is 0. The Balaban J connectivity index is 1.04. The maximum absolute atomic E-state index is 6.49. The summed E-state index contributed by atoms with van der Waals surface area (Å²) in [7, 11) is 0. The quantitative estimate of drug-likeness (QED) is 0.178. The fourth-order valence-corrected chi connectivity index (χ4v) is 10.6. The van der Waals surface area contributed by atoms with Gasteiger partial charge in [-0.3, -0.25) is 0 Å². The molecule has 0 aliphatic heterocycles. The third-order valence-electron chi connectivity index (χ3n) is 13.0. The molecule has 0 bridgehead atoms. The van der Waals surface area contributed by atoms with Crippen molar-refractivity contribution in [1.29, 1.82) is 0 Å². The molecule has 2 aliphatic carbocycles. The SMILES string of the molecule is c1ccc2c(c1)-c1ccccc1C21c2ccccc2-c2cc(N(c3ccc4cc(-c5cccc6ccccc56)ccc4c3)c3cccc4oc5ccccc5c34)ccc21. The molecule has 0 saturated carbocycles. The minimum atomic E-state index is -0.395. The van der Waals surface area contributed by atoms with Crippen molar-refractivity contribution in [2.24, 2.45) is 0 Å². The van der Waals surface area contributed by atoms with Crippen LogP contribution in [0, 0.1) is 0 Å². The lowest BCUT2D eigenvalue weighted by Gasteiger charge is -2.31. The predicted molar refractivity (Wildman–Crippen MR) is 245 cm³/mol. The summed E-state index contributed by atoms with van der Waals surface area (Å²) in [6.45, 7) is 0. The molecule has 274 valence electrons. The van der Waals surface area contributed by atoms with E-state index in [1.807, 2.05) is 6.07 Å². The minimum Gasteiger partial charge on any atom is -0.456 e. The highest BCUT2D eigenvalue weighted by atomic mass is 16.3. The van der Waals surface area contributed by atoms with Crippen LogP contribution in [0.15, 0.2) is 217 Å². The second-order valence-corrected chi connectivity index (χ2v) is 16.0. The molecule has 0 fully saturated rings. The largest absolute Gasteiger partial charge is 0.456 e. The predicted octanol–water partition coefficient (Wildman–Crippen LogP) is 15.4. The van der Waals surface area contributed by atoms with Crippen molar-refractivity contribution in [2.45, 2.75) is 5.41 Å². The molecular formula is C57H35NO. The van der Waals surface area contributed by atoms with Crippen molar-refractivity contribution in [3.8, 4) is 33.4 Å². The number of hydrogen-bond donors (Lipinski definition) is 0. The zero-order chi connectivity index (χ0) is 38.7. The van der Waals surface area contributed by atoms with Crippen LogP contribution in [0.25, 0.3) is 76.9 Å². The summed E-state index contributed by atoms with van der Waals surface area (Å²) in [4.78, 5) is 2.44. The van der Waals surface area contributed by atoms with E-state index in [-0.39, 0.29) is 0 Å². The van der Waals surface area contributed by atoms with Gasteiger partial charge in [0.2, 0.25) is 0 Å². The average molecular weight is 750 g/mol. The van der Waals surface area contributed by atoms with Crippen molar-refractivity contribution in [3.63, 3.8) is 0 Å². The standard InChI is InChI=1S/C57H35NO/c1-2-15-42-36(13-1)14-11-20-43(42)39-28-27-38-34-40(30-29-37(38)33-39)58(53-24-12-26-55-56(53)47-19-6-10-25-54(47)59-55)41-31-32-52-48(35-41)46-18-5-9-23-51(46)57(52)49-21-7-3-16-44(49)45-17-4-8-22-50(45)57/h1-35H. The van der Waals surface area contributed by atoms with Gasteiger partial charge in [0, 0.05) is 16.8 Å². The zero-order valence-corrected chi connectivity index (χ0v) is 32.1. The maximum Gasteiger partial charge on any atom is 0.137 e. The number of anilines is 3. The van der Waals surface area contributed by atoms with Gasteiger partial charge >= 0.3 is 0 Å². The van der Waals surface area contributed by atoms with Gasteiger partial charge < -0.3 is 9.32 Å². The molecule has 1 aromatic heterocycles. The van der Waals surface area contributed by atoms with Crippen LogP contribution in [0.5, 0.6) is 0 Å². The van der Waals surface area contributed by atoms with Crippen LogP contribution in [0.2, 0.25) is 0 Å². The molecule has 2 heteroatoms. The average Bonchev–Trinajstić information content (AvgIpc) is 3.93. The topological polar surface area (TPSA) is 16.4 Å². The van der Waals surface area contributed by atoms with Gasteiger partial charge in [-0.1, -0.05) is 164 Å². The van der Waals surface area contributed by atoms with Gasteiger partial charge in [-0.2, -0.15) is 0 Å². The molecule has 59 heavy (non-hydrogen) atoms. The number of nitrogens with zero attached hydrogens (tertiary/aromatic N) is 1. The highest BCUT2D eigenvalue weighted by molar-refractivity contribution is 6.14. The first-order valence-corrected chi connectivity index (χ1v) is 20.4. The normalized spacial score (nSPS) is 13.2. The molecule has 0 amide bonds. The highest BCUT2D eigenvalue weighted by Crippen LogP contribution is 2.63. The second-order valence-electron chi connectivity index (χ2n) is 16.0. The Hall–Kier alpha value is -7.68. The van der Waals surface area contributed by atoms with Crippen molar-refractivity contribution < 1.29 is 4.42 Å². The molecular weight excluding hydrogens is 715 g/mol. The Labute approximate surface area is 341 Å². The Morgan fingerprint density at radius 1 is 0.339 bits per heavy atom. The van der Waals surface area contributed by atoms with E-state index in [0.717, 1.165) is 39.0 Å². The van der Waals surface area contributed by atoms with Gasteiger partial charge in [0.15, 0.2) is 0 Å². The van der Waals surface area contributed by atoms with Crippen LogP contribution in [-0.4, -0.2) is 0 Å². The van der Waals surface area contributed by atoms with Gasteiger partial charge in [0.05, 0.1) is 16.5 Å². The van der Waals surface area contributed by atoms with Gasteiger partial charge in [0.1, 0.15) is 11.2 Å². The summed E-state index contributed by atoms with van der Waals surface area (Å²) in [6, 6.07) is 78.1. The summed E-state index contributed by atoms with van der Waals surface area (Å²) in [6.07, 6.45) is 0. The second kappa shape index (κ2) is 12.2. The van der Waals surface area contributed by atoms with E-state index in [9.17, 15) is 0 Å². The van der Waals surface area contributed by atoms with Gasteiger partial charge in [-0.25, -0.2) is 0 Å². The molecule has 11 aromatic rings. The molecule has 10 aromatic carbocycles. The highest BCUT2D eigenvalue weighted by Gasteiger charge is 2.51. The first-order chi connectivity index (χ1) is 29.3. The molecule has 0 atom stereocenters. The third-order valence-corrected chi connectivity index (χ3v) is 13.0. The van der Waals surface area contributed by atoms with E-state index >= 15 is 0 Å². The number of hydrogen-bond acceptors (Lipinski definition) is 2. The van der Waals surface area contributed by atoms with Crippen LogP contribution < -0.4 is 4.90 Å². The molecule has 1 heterocycles. The molecule has 1 spiro atoms. The molecule has 0 radical (unpaired) electrons. The smallest absolute Gasteiger partial charge is 0.137 e. The Bertz CT molecular complexity index is 3480. The number of para-hydroxylation sites is 1. The molecule has 0 N–H and O–H groups in total. The van der Waals surface area contributed by atoms with Crippen molar-refractivity contribution >= 4 is 60.5 Å². The molecule has 13 rings (SSSR count). The molecule has 2 aliphatic rings. The lowest BCUT2D eigenvalue weighted by Crippen LogP contribution is -2.25. The number of furan rings is 1. The van der Waals surface area contributed by atoms with Crippen LogP contribution in [-0.2, 0) is 5.41 Å². The summed E-state index contributed by atoms with van der Waals surface area (Å²) in [5, 5.41) is 7.11. The maximum atomic E-state index is 6.49. The Morgan fingerprint density at radius 3 is 1.68 bits per heavy atom. The van der Waals surface area contributed by atoms with E-state index in [0.29, 0.717) is 0 Å². The number of rotatable bonds is 4. The fourth-order valence-electron chi connectivity index (χ4n) is 10.6. The van der Waals surface area contributed by atoms with Gasteiger partial charge in [0.25, 0.3) is 0 Å². The van der Waals surface area contributed by atoms with E-state index in [1.165, 1.54) is 77.2 Å². The molecule has 2 nitrogen and oxygen atoms in total. The minimum absolute atomic E-state index is 0.395. The van der Waals surface area contributed by atoms with Crippen LogP contribution >= 0.6 is 0 Å².